The Morgan fingerprint density at radius 3 is 1.12 bits per heavy atom. The van der Waals surface area contributed by atoms with Crippen LogP contribution in [0.2, 0.25) is 0 Å². The minimum absolute atomic E-state index is 0. The minimum atomic E-state index is 0. The second-order valence-electron chi connectivity index (χ2n) is 7.87. The van der Waals surface area contributed by atoms with E-state index < -0.39 is 0 Å². The Bertz CT molecular complexity index is 218. The molecule has 0 aromatic heterocycles. The molecule has 0 spiro atoms. The van der Waals surface area contributed by atoms with Crippen molar-refractivity contribution < 1.29 is 5.11 Å². The molecule has 160 valence electrons. The first-order valence-corrected chi connectivity index (χ1v) is 11.7. The molecule has 26 heavy (non-hydrogen) atoms. The zero-order valence-corrected chi connectivity index (χ0v) is 19.0. The number of aliphatic hydroxyl groups excluding tert-OH is 1. The molecular weight excluding hydrogens is 342 g/mol. The number of hydrogen-bond donors (Lipinski definition) is 1. The normalized spacial score (nSPS) is 11.1. The molecule has 0 atom stereocenters. The third kappa shape index (κ3) is 22.3. The summed E-state index contributed by atoms with van der Waals surface area (Å²) < 4.78 is 0. The molecule has 0 saturated heterocycles. The maximum atomic E-state index is 9.11. The van der Waals surface area contributed by atoms with Crippen molar-refractivity contribution in [2.24, 2.45) is 0 Å². The molecule has 0 aromatic rings. The van der Waals surface area contributed by atoms with Crippen LogP contribution in [0, 0.1) is 0 Å². The number of halogens is 1. The molecule has 0 aliphatic carbocycles. The van der Waals surface area contributed by atoms with Crippen molar-refractivity contribution in [3.8, 4) is 0 Å². The lowest BCUT2D eigenvalue weighted by Crippen LogP contribution is -2.27. The summed E-state index contributed by atoms with van der Waals surface area (Å²) in [5, 5.41) is 9.11. The van der Waals surface area contributed by atoms with E-state index >= 15 is 0 Å². The highest BCUT2D eigenvalue weighted by Crippen LogP contribution is 2.11. The van der Waals surface area contributed by atoms with E-state index in [1.54, 1.807) is 0 Å². The third-order valence-electron chi connectivity index (χ3n) is 5.29. The molecule has 2 nitrogen and oxygen atoms in total. The molecule has 0 saturated carbocycles. The van der Waals surface area contributed by atoms with Gasteiger partial charge in [0.25, 0.3) is 0 Å². The van der Waals surface area contributed by atoms with E-state index in [9.17, 15) is 0 Å². The van der Waals surface area contributed by atoms with Gasteiger partial charge in [-0.1, -0.05) is 104 Å². The highest BCUT2D eigenvalue weighted by Gasteiger charge is 2.04. The van der Waals surface area contributed by atoms with Gasteiger partial charge in [-0.2, -0.15) is 0 Å². The van der Waals surface area contributed by atoms with Gasteiger partial charge in [0.2, 0.25) is 0 Å². The summed E-state index contributed by atoms with van der Waals surface area (Å²) in [6.07, 6.45) is 23.3. The van der Waals surface area contributed by atoms with Gasteiger partial charge in [-0.25, -0.2) is 0 Å². The maximum Gasteiger partial charge on any atom is 0.0443 e. The highest BCUT2D eigenvalue weighted by atomic mass is 35.5. The Balaban J connectivity index is 0. The van der Waals surface area contributed by atoms with Gasteiger partial charge in [-0.3, -0.25) is 0 Å². The summed E-state index contributed by atoms with van der Waals surface area (Å²) in [5.41, 5.74) is 0. The first-order chi connectivity index (χ1) is 12.3. The van der Waals surface area contributed by atoms with Crippen LogP contribution in [0.5, 0.6) is 0 Å². The van der Waals surface area contributed by atoms with Gasteiger partial charge in [0, 0.05) is 13.2 Å². The Morgan fingerprint density at radius 1 is 0.462 bits per heavy atom. The lowest BCUT2D eigenvalue weighted by molar-refractivity contribution is 0.217. The fraction of sp³-hybridized carbons (Fsp3) is 1.00. The van der Waals surface area contributed by atoms with Crippen LogP contribution in [0.3, 0.4) is 0 Å². The highest BCUT2D eigenvalue weighted by molar-refractivity contribution is 5.85. The first kappa shape index (κ1) is 28.4. The molecule has 0 aromatic carbocycles. The van der Waals surface area contributed by atoms with E-state index in [1.165, 1.54) is 116 Å². The van der Waals surface area contributed by atoms with Crippen LogP contribution in [0.15, 0.2) is 0 Å². The van der Waals surface area contributed by atoms with Crippen molar-refractivity contribution in [1.29, 1.82) is 0 Å². The van der Waals surface area contributed by atoms with Crippen molar-refractivity contribution in [2.45, 2.75) is 123 Å². The molecule has 0 heterocycles. The van der Waals surface area contributed by atoms with Gasteiger partial charge in [0.1, 0.15) is 0 Å². The van der Waals surface area contributed by atoms with Crippen molar-refractivity contribution in [1.82, 2.24) is 4.90 Å². The van der Waals surface area contributed by atoms with E-state index in [0.29, 0.717) is 6.61 Å². The second-order valence-corrected chi connectivity index (χ2v) is 7.87. The summed E-state index contributed by atoms with van der Waals surface area (Å²) in [4.78, 5) is 2.60. The zero-order valence-electron chi connectivity index (χ0n) is 18.2. The summed E-state index contributed by atoms with van der Waals surface area (Å²) in [6, 6.07) is 0. The smallest absolute Gasteiger partial charge is 0.0443 e. The van der Waals surface area contributed by atoms with Gasteiger partial charge >= 0.3 is 0 Å². The standard InChI is InChI=1S/C23H49NO.ClH/c1-3-5-7-9-11-13-15-17-20-24(22-19-23-25)21-18-16-14-12-10-8-6-4-2;/h25H,3-23H2,1-2H3;1H. The molecular formula is C23H50ClNO. The average molecular weight is 392 g/mol. The van der Waals surface area contributed by atoms with Crippen LogP contribution in [-0.4, -0.2) is 36.2 Å². The molecule has 0 unspecified atom stereocenters. The van der Waals surface area contributed by atoms with Crippen molar-refractivity contribution >= 4 is 12.4 Å². The van der Waals surface area contributed by atoms with E-state index in [1.807, 2.05) is 0 Å². The Labute approximate surface area is 171 Å². The molecule has 0 aliphatic heterocycles. The van der Waals surface area contributed by atoms with Crippen molar-refractivity contribution in [3.63, 3.8) is 0 Å². The van der Waals surface area contributed by atoms with Crippen LogP contribution in [0.4, 0.5) is 0 Å². The summed E-state index contributed by atoms with van der Waals surface area (Å²) in [5.74, 6) is 0. The van der Waals surface area contributed by atoms with Crippen molar-refractivity contribution in [2.75, 3.05) is 26.2 Å². The fourth-order valence-corrected chi connectivity index (χ4v) is 3.57. The Morgan fingerprint density at radius 2 is 0.769 bits per heavy atom. The van der Waals surface area contributed by atoms with Gasteiger partial charge in [0.15, 0.2) is 0 Å². The van der Waals surface area contributed by atoms with Gasteiger partial charge < -0.3 is 10.0 Å². The predicted octanol–water partition coefficient (Wildman–Crippen LogP) is 7.37. The monoisotopic (exact) mass is 391 g/mol. The minimum Gasteiger partial charge on any atom is -0.396 e. The van der Waals surface area contributed by atoms with E-state index in [4.69, 9.17) is 5.11 Å². The third-order valence-corrected chi connectivity index (χ3v) is 5.29. The molecule has 1 N–H and O–H groups in total. The first-order valence-electron chi connectivity index (χ1n) is 11.7. The predicted molar refractivity (Wildman–Crippen MR) is 121 cm³/mol. The van der Waals surface area contributed by atoms with E-state index in [0.717, 1.165) is 13.0 Å². The van der Waals surface area contributed by atoms with Crippen LogP contribution in [-0.2, 0) is 0 Å². The van der Waals surface area contributed by atoms with Crippen molar-refractivity contribution in [3.05, 3.63) is 0 Å². The number of rotatable bonds is 21. The molecule has 0 fully saturated rings. The average Bonchev–Trinajstić information content (AvgIpc) is 2.63. The van der Waals surface area contributed by atoms with Crippen LogP contribution in [0.1, 0.15) is 123 Å². The number of unbranched alkanes of at least 4 members (excludes halogenated alkanes) is 14. The molecule has 0 bridgehead atoms. The number of aliphatic hydroxyl groups is 1. The van der Waals surface area contributed by atoms with Gasteiger partial charge in [0.05, 0.1) is 0 Å². The lowest BCUT2D eigenvalue weighted by atomic mass is 10.1. The molecule has 0 radical (unpaired) electrons. The number of hydrogen-bond acceptors (Lipinski definition) is 2. The quantitative estimate of drug-likeness (QED) is 0.206. The van der Waals surface area contributed by atoms with Crippen LogP contribution < -0.4 is 0 Å². The van der Waals surface area contributed by atoms with Gasteiger partial charge in [-0.15, -0.1) is 12.4 Å². The SMILES string of the molecule is CCCCCCCCCCN(CCCO)CCCCCCCCCC.Cl. The topological polar surface area (TPSA) is 23.5 Å². The fourth-order valence-electron chi connectivity index (χ4n) is 3.57. The second kappa shape index (κ2) is 25.2. The van der Waals surface area contributed by atoms with E-state index in [-0.39, 0.29) is 12.4 Å². The molecule has 0 aliphatic rings. The molecule has 0 rings (SSSR count). The van der Waals surface area contributed by atoms with Crippen LogP contribution in [0.25, 0.3) is 0 Å². The summed E-state index contributed by atoms with van der Waals surface area (Å²) >= 11 is 0. The summed E-state index contributed by atoms with van der Waals surface area (Å²) in [6.45, 7) is 8.48. The van der Waals surface area contributed by atoms with Gasteiger partial charge in [-0.05, 0) is 32.4 Å². The zero-order chi connectivity index (χ0) is 18.4. The number of nitrogens with zero attached hydrogens (tertiary/aromatic N) is 1. The Kier molecular flexibility index (Phi) is 27.6. The lowest BCUT2D eigenvalue weighted by Gasteiger charge is -2.22. The molecule has 0 amide bonds. The maximum absolute atomic E-state index is 9.11. The van der Waals surface area contributed by atoms with Crippen LogP contribution >= 0.6 is 12.4 Å². The molecule has 3 heteroatoms. The summed E-state index contributed by atoms with van der Waals surface area (Å²) in [7, 11) is 0. The van der Waals surface area contributed by atoms with E-state index in [2.05, 4.69) is 18.7 Å². The Hall–Kier alpha value is 0.210. The largest absolute Gasteiger partial charge is 0.396 e.